The number of hydrogen-bond donors (Lipinski definition) is 1. The molecule has 1 saturated heterocycles. The molecule has 0 saturated carbocycles. The van der Waals surface area contributed by atoms with E-state index in [4.69, 9.17) is 14.2 Å². The molecule has 2 amide bonds. The number of nitrogens with one attached hydrogen (secondary N) is 1. The standard InChI is InChI=1S/C24H29N3O5/c1-26(15-23(28)25-18-5-3-6-19(14-18)30-2)16-24(29)27-10-4-7-20(27)17-8-9-21-22(13-17)32-12-11-31-21/h3,5-6,8-9,13-14,20H,4,7,10-12,15-16H2,1-2H3,(H,25,28). The lowest BCUT2D eigenvalue weighted by molar-refractivity contribution is -0.133. The fraction of sp³-hybridized carbons (Fsp3) is 0.417. The molecular weight excluding hydrogens is 410 g/mol. The summed E-state index contributed by atoms with van der Waals surface area (Å²) in [6.45, 7) is 2.09. The second kappa shape index (κ2) is 9.91. The van der Waals surface area contributed by atoms with Crippen molar-refractivity contribution in [1.29, 1.82) is 0 Å². The topological polar surface area (TPSA) is 80.3 Å². The number of likely N-dealkylation sites (tertiary alicyclic amines) is 1. The summed E-state index contributed by atoms with van der Waals surface area (Å²) in [5.74, 6) is 1.99. The molecule has 1 fully saturated rings. The van der Waals surface area contributed by atoms with Crippen LogP contribution in [0.5, 0.6) is 17.2 Å². The number of benzene rings is 2. The summed E-state index contributed by atoms with van der Waals surface area (Å²) in [7, 11) is 3.36. The fourth-order valence-corrected chi connectivity index (χ4v) is 4.20. The molecule has 2 aromatic rings. The lowest BCUT2D eigenvalue weighted by atomic mass is 10.0. The van der Waals surface area contributed by atoms with E-state index < -0.39 is 0 Å². The van der Waals surface area contributed by atoms with Crippen molar-refractivity contribution < 1.29 is 23.8 Å². The van der Waals surface area contributed by atoms with Gasteiger partial charge in [-0.2, -0.15) is 0 Å². The van der Waals surface area contributed by atoms with Crippen LogP contribution in [0.2, 0.25) is 0 Å². The number of rotatable bonds is 7. The number of hydrogen-bond acceptors (Lipinski definition) is 6. The molecule has 2 aromatic carbocycles. The molecule has 2 heterocycles. The third-order valence-electron chi connectivity index (χ3n) is 5.70. The van der Waals surface area contributed by atoms with Gasteiger partial charge in [-0.05, 0) is 49.7 Å². The van der Waals surface area contributed by atoms with Gasteiger partial charge in [0.25, 0.3) is 0 Å². The van der Waals surface area contributed by atoms with Crippen LogP contribution in [0.3, 0.4) is 0 Å². The minimum absolute atomic E-state index is 0.0114. The van der Waals surface area contributed by atoms with E-state index in [1.165, 1.54) is 0 Å². The Morgan fingerprint density at radius 3 is 2.75 bits per heavy atom. The average molecular weight is 440 g/mol. The zero-order valence-electron chi connectivity index (χ0n) is 18.5. The minimum Gasteiger partial charge on any atom is -0.497 e. The van der Waals surface area contributed by atoms with Crippen molar-refractivity contribution in [1.82, 2.24) is 9.80 Å². The highest BCUT2D eigenvalue weighted by atomic mass is 16.6. The first-order chi connectivity index (χ1) is 15.5. The Kier molecular flexibility index (Phi) is 6.80. The van der Waals surface area contributed by atoms with E-state index >= 15 is 0 Å². The summed E-state index contributed by atoms with van der Waals surface area (Å²) in [5.41, 5.74) is 1.71. The number of nitrogens with zero attached hydrogens (tertiary/aromatic N) is 2. The summed E-state index contributed by atoms with van der Waals surface area (Å²) >= 11 is 0. The Morgan fingerprint density at radius 1 is 1.12 bits per heavy atom. The predicted molar refractivity (Wildman–Crippen MR) is 120 cm³/mol. The number of carbonyl (C=O) groups is 2. The summed E-state index contributed by atoms with van der Waals surface area (Å²) in [6, 6.07) is 13.1. The van der Waals surface area contributed by atoms with Gasteiger partial charge in [0.2, 0.25) is 11.8 Å². The summed E-state index contributed by atoms with van der Waals surface area (Å²) in [4.78, 5) is 29.1. The van der Waals surface area contributed by atoms with Gasteiger partial charge in [-0.15, -0.1) is 0 Å². The van der Waals surface area contributed by atoms with Gasteiger partial charge in [-0.3, -0.25) is 14.5 Å². The van der Waals surface area contributed by atoms with Gasteiger partial charge in [-0.25, -0.2) is 0 Å². The van der Waals surface area contributed by atoms with Gasteiger partial charge in [0, 0.05) is 18.3 Å². The van der Waals surface area contributed by atoms with E-state index in [-0.39, 0.29) is 30.9 Å². The van der Waals surface area contributed by atoms with E-state index in [1.807, 2.05) is 35.2 Å². The molecule has 1 atom stereocenters. The third-order valence-corrected chi connectivity index (χ3v) is 5.70. The first kappa shape index (κ1) is 22.0. The molecule has 2 aliphatic heterocycles. The smallest absolute Gasteiger partial charge is 0.238 e. The van der Waals surface area contributed by atoms with Crippen LogP contribution in [-0.2, 0) is 9.59 Å². The number of anilines is 1. The van der Waals surface area contributed by atoms with Gasteiger partial charge < -0.3 is 24.4 Å². The van der Waals surface area contributed by atoms with Gasteiger partial charge >= 0.3 is 0 Å². The largest absolute Gasteiger partial charge is 0.497 e. The highest BCUT2D eigenvalue weighted by molar-refractivity contribution is 5.92. The Morgan fingerprint density at radius 2 is 1.94 bits per heavy atom. The lowest BCUT2D eigenvalue weighted by Crippen LogP contribution is -2.41. The van der Waals surface area contributed by atoms with Gasteiger partial charge in [0.1, 0.15) is 19.0 Å². The Bertz CT molecular complexity index is 980. The monoisotopic (exact) mass is 439 g/mol. The molecule has 1 N–H and O–H groups in total. The quantitative estimate of drug-likeness (QED) is 0.715. The normalized spacial score (nSPS) is 17.3. The number of carbonyl (C=O) groups excluding carboxylic acids is 2. The second-order valence-corrected chi connectivity index (χ2v) is 8.10. The van der Waals surface area contributed by atoms with Crippen LogP contribution in [0, 0.1) is 0 Å². The van der Waals surface area contributed by atoms with Crippen molar-refractivity contribution in [2.45, 2.75) is 18.9 Å². The van der Waals surface area contributed by atoms with Crippen LogP contribution < -0.4 is 19.5 Å². The molecule has 2 aliphatic rings. The number of fused-ring (bicyclic) bond motifs is 1. The number of methoxy groups -OCH3 is 1. The van der Waals surface area contributed by atoms with E-state index in [9.17, 15) is 9.59 Å². The molecule has 0 aliphatic carbocycles. The van der Waals surface area contributed by atoms with E-state index in [0.29, 0.717) is 31.2 Å². The Hall–Kier alpha value is -3.26. The maximum absolute atomic E-state index is 13.0. The average Bonchev–Trinajstić information content (AvgIpc) is 3.29. The molecule has 0 aromatic heterocycles. The Labute approximate surface area is 188 Å². The molecule has 1 unspecified atom stereocenters. The first-order valence-corrected chi connectivity index (χ1v) is 10.8. The third kappa shape index (κ3) is 5.13. The van der Waals surface area contributed by atoms with E-state index in [1.54, 1.807) is 31.2 Å². The van der Waals surface area contributed by atoms with Crippen LogP contribution in [0.1, 0.15) is 24.4 Å². The molecule has 8 heteroatoms. The van der Waals surface area contributed by atoms with Gasteiger partial charge in [0.05, 0.1) is 26.2 Å². The molecule has 0 bridgehead atoms. The zero-order valence-corrected chi connectivity index (χ0v) is 18.5. The number of likely N-dealkylation sites (N-methyl/N-ethyl adjacent to an activating group) is 1. The highest BCUT2D eigenvalue weighted by Gasteiger charge is 2.31. The molecule has 0 radical (unpaired) electrons. The maximum Gasteiger partial charge on any atom is 0.238 e. The van der Waals surface area contributed by atoms with Crippen LogP contribution in [-0.4, -0.2) is 68.6 Å². The fourth-order valence-electron chi connectivity index (χ4n) is 4.20. The highest BCUT2D eigenvalue weighted by Crippen LogP contribution is 2.38. The van der Waals surface area contributed by atoms with Crippen molar-refractivity contribution in [2.75, 3.05) is 52.3 Å². The van der Waals surface area contributed by atoms with Crippen molar-refractivity contribution in [2.24, 2.45) is 0 Å². The van der Waals surface area contributed by atoms with Crippen LogP contribution in [0.15, 0.2) is 42.5 Å². The zero-order chi connectivity index (χ0) is 22.5. The van der Waals surface area contributed by atoms with Crippen molar-refractivity contribution in [3.63, 3.8) is 0 Å². The maximum atomic E-state index is 13.0. The van der Waals surface area contributed by atoms with Crippen molar-refractivity contribution in [3.05, 3.63) is 48.0 Å². The van der Waals surface area contributed by atoms with Gasteiger partial charge in [-0.1, -0.05) is 12.1 Å². The second-order valence-electron chi connectivity index (χ2n) is 8.10. The van der Waals surface area contributed by atoms with E-state index in [2.05, 4.69) is 5.32 Å². The summed E-state index contributed by atoms with van der Waals surface area (Å²) in [6.07, 6.45) is 1.86. The minimum atomic E-state index is -0.182. The molecule has 32 heavy (non-hydrogen) atoms. The number of ether oxygens (including phenoxy) is 3. The molecule has 0 spiro atoms. The lowest BCUT2D eigenvalue weighted by Gasteiger charge is -2.28. The number of amides is 2. The van der Waals surface area contributed by atoms with Crippen LogP contribution in [0.25, 0.3) is 0 Å². The molecular formula is C24H29N3O5. The first-order valence-electron chi connectivity index (χ1n) is 10.8. The molecule has 170 valence electrons. The van der Waals surface area contributed by atoms with E-state index in [0.717, 1.165) is 29.9 Å². The van der Waals surface area contributed by atoms with Crippen LogP contribution >= 0.6 is 0 Å². The summed E-state index contributed by atoms with van der Waals surface area (Å²) < 4.78 is 16.5. The van der Waals surface area contributed by atoms with Gasteiger partial charge in [0.15, 0.2) is 11.5 Å². The Balaban J connectivity index is 1.33. The summed E-state index contributed by atoms with van der Waals surface area (Å²) in [5, 5.41) is 2.84. The SMILES string of the molecule is COc1cccc(NC(=O)CN(C)CC(=O)N2CCCC2c2ccc3c(c2)OCCO3)c1. The molecule has 4 rings (SSSR count). The van der Waals surface area contributed by atoms with Crippen molar-refractivity contribution >= 4 is 17.5 Å². The van der Waals surface area contributed by atoms with Crippen LogP contribution in [0.4, 0.5) is 5.69 Å². The van der Waals surface area contributed by atoms with Crippen molar-refractivity contribution in [3.8, 4) is 17.2 Å². The molecule has 8 nitrogen and oxygen atoms in total. The predicted octanol–water partition coefficient (Wildman–Crippen LogP) is 2.70.